The molecular weight excluding hydrogens is 1150 g/mol. The van der Waals surface area contributed by atoms with E-state index in [1.54, 1.807) is 0 Å². The molecule has 0 aliphatic heterocycles. The zero-order valence-electron chi connectivity index (χ0n) is 56.3. The summed E-state index contributed by atoms with van der Waals surface area (Å²) in [5.41, 5.74) is 0. The number of aliphatic hydroxyl groups excluding tert-OH is 1. The molecule has 0 saturated heterocycles. The van der Waals surface area contributed by atoms with Crippen LogP contribution in [0.3, 0.4) is 0 Å². The molecule has 87 heavy (non-hydrogen) atoms. The predicted octanol–water partition coefficient (Wildman–Crippen LogP) is 19.2. The molecule has 0 aliphatic carbocycles. The van der Waals surface area contributed by atoms with E-state index in [1.165, 1.54) is 154 Å². The zero-order valence-corrected chi connectivity index (χ0v) is 58.1. The smallest absolute Gasteiger partial charge is 0.462 e. The minimum Gasteiger partial charge on any atom is -0.462 e. The Morgan fingerprint density at radius 1 is 0.333 bits per heavy atom. The minimum absolute atomic E-state index is 0.105. The largest absolute Gasteiger partial charge is 0.472 e. The van der Waals surface area contributed by atoms with Gasteiger partial charge < -0.3 is 33.8 Å². The van der Waals surface area contributed by atoms with Crippen molar-refractivity contribution >= 4 is 39.5 Å². The van der Waals surface area contributed by atoms with E-state index in [1.807, 2.05) is 0 Å². The second kappa shape index (κ2) is 60.3. The van der Waals surface area contributed by atoms with Crippen LogP contribution in [0, 0.1) is 11.8 Å². The Bertz CT molecular complexity index is 1700. The van der Waals surface area contributed by atoms with E-state index in [9.17, 15) is 43.2 Å². The highest BCUT2D eigenvalue weighted by Gasteiger charge is 2.30. The van der Waals surface area contributed by atoms with Gasteiger partial charge in [-0.1, -0.05) is 292 Å². The number of carbonyl (C=O) groups is 4. The van der Waals surface area contributed by atoms with E-state index in [-0.39, 0.29) is 25.7 Å². The molecular formula is C68H132O17P2. The molecule has 0 aromatic rings. The summed E-state index contributed by atoms with van der Waals surface area (Å²) in [5.74, 6) is -0.543. The van der Waals surface area contributed by atoms with Crippen molar-refractivity contribution in [1.29, 1.82) is 0 Å². The summed E-state index contributed by atoms with van der Waals surface area (Å²) in [4.78, 5) is 72.1. The number of esters is 4. The van der Waals surface area contributed by atoms with Gasteiger partial charge in [-0.05, 0) is 37.5 Å². The molecule has 3 unspecified atom stereocenters. The van der Waals surface area contributed by atoms with Gasteiger partial charge in [-0.15, -0.1) is 0 Å². The molecule has 19 heteroatoms. The molecule has 0 aromatic carbocycles. The lowest BCUT2D eigenvalue weighted by molar-refractivity contribution is -0.161. The van der Waals surface area contributed by atoms with Gasteiger partial charge in [-0.25, -0.2) is 9.13 Å². The second-order valence-electron chi connectivity index (χ2n) is 25.3. The molecule has 0 saturated carbocycles. The van der Waals surface area contributed by atoms with Crippen LogP contribution in [0.1, 0.15) is 343 Å². The summed E-state index contributed by atoms with van der Waals surface area (Å²) in [5, 5.41) is 10.5. The first-order valence-corrected chi connectivity index (χ1v) is 38.5. The standard InChI is InChI=1S/C68H132O17P2/c1-7-10-12-14-15-26-34-40-46-52-67(72)84-63(56-78-65(70)50-44-36-13-11-8-2)58-82-86(74,75)80-54-62(69)55-81-87(76,77)83-59-64(57-79-66(71)51-45-39-33-30-29-32-38-43-49-61(6)9-3)85-68(73)53-47-41-35-28-25-23-21-19-17-16-18-20-22-24-27-31-37-42-48-60(4)5/h60-64,69H,7-59H2,1-6H3,(H,74,75)(H,76,77)/t61?,62-,63+,64+/m0/s1. The van der Waals surface area contributed by atoms with Crippen molar-refractivity contribution in [2.24, 2.45) is 11.8 Å². The molecule has 0 bridgehead atoms. The molecule has 0 amide bonds. The molecule has 0 aliphatic rings. The van der Waals surface area contributed by atoms with Crippen LogP contribution < -0.4 is 0 Å². The average molecular weight is 1280 g/mol. The number of rotatable bonds is 67. The summed E-state index contributed by atoms with van der Waals surface area (Å²) in [6, 6.07) is 0. The van der Waals surface area contributed by atoms with Gasteiger partial charge in [0.05, 0.1) is 26.4 Å². The SMILES string of the molecule is CCCCCCCCCCCC(=O)O[C@H](COC(=O)CCCCCCC)COP(=O)(O)OC[C@H](O)COP(=O)(O)OC[C@@H](COC(=O)CCCCCCCCCCC(C)CC)OC(=O)CCCCCCCCCCCCCCCCCCCCC(C)C. The van der Waals surface area contributed by atoms with Gasteiger partial charge in [-0.2, -0.15) is 0 Å². The van der Waals surface area contributed by atoms with Gasteiger partial charge in [0.1, 0.15) is 19.3 Å². The lowest BCUT2D eigenvalue weighted by Crippen LogP contribution is -2.30. The molecule has 3 N–H and O–H groups in total. The van der Waals surface area contributed by atoms with Gasteiger partial charge in [0, 0.05) is 25.7 Å². The molecule has 0 fully saturated rings. The molecule has 516 valence electrons. The fourth-order valence-corrected chi connectivity index (χ4v) is 11.8. The number of aliphatic hydroxyl groups is 1. The minimum atomic E-state index is -4.95. The third kappa shape index (κ3) is 61.3. The Morgan fingerprint density at radius 2 is 0.586 bits per heavy atom. The molecule has 6 atom stereocenters. The molecule has 0 heterocycles. The summed E-state index contributed by atoms with van der Waals surface area (Å²) in [7, 11) is -9.88. The Hall–Kier alpha value is -1.94. The Labute approximate surface area is 530 Å². The van der Waals surface area contributed by atoms with Gasteiger partial charge in [0.25, 0.3) is 0 Å². The van der Waals surface area contributed by atoms with E-state index in [2.05, 4.69) is 41.5 Å². The number of phosphoric acid groups is 2. The number of carbonyl (C=O) groups excluding carboxylic acids is 4. The number of unbranched alkanes of at least 4 members (excludes halogenated alkanes) is 36. The Balaban J connectivity index is 5.10. The quantitative estimate of drug-likeness (QED) is 0.0222. The van der Waals surface area contributed by atoms with E-state index < -0.39 is 97.5 Å². The van der Waals surface area contributed by atoms with Crippen molar-refractivity contribution in [3.8, 4) is 0 Å². The van der Waals surface area contributed by atoms with Crippen molar-refractivity contribution in [2.45, 2.75) is 362 Å². The van der Waals surface area contributed by atoms with Crippen molar-refractivity contribution in [2.75, 3.05) is 39.6 Å². The normalized spacial score (nSPS) is 14.5. The summed E-state index contributed by atoms with van der Waals surface area (Å²) in [6.07, 6.45) is 44.9. The molecule has 17 nitrogen and oxygen atoms in total. The van der Waals surface area contributed by atoms with Crippen LogP contribution in [-0.2, 0) is 65.4 Å². The highest BCUT2D eigenvalue weighted by atomic mass is 31.2. The predicted molar refractivity (Wildman–Crippen MR) is 349 cm³/mol. The van der Waals surface area contributed by atoms with Crippen molar-refractivity contribution in [3.63, 3.8) is 0 Å². The van der Waals surface area contributed by atoms with Crippen molar-refractivity contribution < 1.29 is 80.2 Å². The van der Waals surface area contributed by atoms with Crippen LogP contribution in [0.5, 0.6) is 0 Å². The third-order valence-corrected chi connectivity index (χ3v) is 18.0. The fourth-order valence-electron chi connectivity index (χ4n) is 10.2. The maximum absolute atomic E-state index is 13.0. The Kier molecular flexibility index (Phi) is 59.0. The van der Waals surface area contributed by atoms with Gasteiger partial charge >= 0.3 is 39.5 Å². The Morgan fingerprint density at radius 3 is 0.874 bits per heavy atom. The maximum atomic E-state index is 13.0. The van der Waals surface area contributed by atoms with E-state index in [0.29, 0.717) is 25.7 Å². The van der Waals surface area contributed by atoms with E-state index >= 15 is 0 Å². The van der Waals surface area contributed by atoms with Crippen LogP contribution in [0.2, 0.25) is 0 Å². The van der Waals surface area contributed by atoms with E-state index in [4.69, 9.17) is 37.0 Å². The third-order valence-electron chi connectivity index (χ3n) is 16.1. The fraction of sp³-hybridized carbons (Fsp3) is 0.941. The van der Waals surface area contributed by atoms with Gasteiger partial charge in [0.15, 0.2) is 12.2 Å². The highest BCUT2D eigenvalue weighted by Crippen LogP contribution is 2.45. The molecule has 0 rings (SSSR count). The first kappa shape index (κ1) is 85.1. The molecule has 0 radical (unpaired) electrons. The monoisotopic (exact) mass is 1280 g/mol. The first-order chi connectivity index (χ1) is 41.9. The van der Waals surface area contributed by atoms with Crippen LogP contribution in [-0.4, -0.2) is 96.7 Å². The highest BCUT2D eigenvalue weighted by molar-refractivity contribution is 7.47. The molecule has 0 spiro atoms. The summed E-state index contributed by atoms with van der Waals surface area (Å²) >= 11 is 0. The van der Waals surface area contributed by atoms with Crippen molar-refractivity contribution in [3.05, 3.63) is 0 Å². The number of phosphoric ester groups is 2. The summed E-state index contributed by atoms with van der Waals surface area (Å²) < 4.78 is 67.9. The average Bonchev–Trinajstić information content (AvgIpc) is 3.62. The summed E-state index contributed by atoms with van der Waals surface area (Å²) in [6.45, 7) is 9.46. The topological polar surface area (TPSA) is 237 Å². The van der Waals surface area contributed by atoms with Crippen LogP contribution in [0.15, 0.2) is 0 Å². The maximum Gasteiger partial charge on any atom is 0.472 e. The van der Waals surface area contributed by atoms with Crippen LogP contribution in [0.25, 0.3) is 0 Å². The number of ether oxygens (including phenoxy) is 4. The lowest BCUT2D eigenvalue weighted by Gasteiger charge is -2.21. The van der Waals surface area contributed by atoms with Gasteiger partial charge in [-0.3, -0.25) is 37.3 Å². The lowest BCUT2D eigenvalue weighted by atomic mass is 9.99. The first-order valence-electron chi connectivity index (χ1n) is 35.5. The van der Waals surface area contributed by atoms with Crippen molar-refractivity contribution in [1.82, 2.24) is 0 Å². The van der Waals surface area contributed by atoms with E-state index in [0.717, 1.165) is 108 Å². The van der Waals surface area contributed by atoms with Crippen LogP contribution in [0.4, 0.5) is 0 Å². The number of hydrogen-bond donors (Lipinski definition) is 3. The molecule has 0 aromatic heterocycles. The second-order valence-corrected chi connectivity index (χ2v) is 28.2. The number of hydrogen-bond acceptors (Lipinski definition) is 15. The van der Waals surface area contributed by atoms with Gasteiger partial charge in [0.2, 0.25) is 0 Å². The zero-order chi connectivity index (χ0) is 64.3. The van der Waals surface area contributed by atoms with Crippen LogP contribution >= 0.6 is 15.6 Å².